The summed E-state index contributed by atoms with van der Waals surface area (Å²) in [4.78, 5) is 2.22. The van der Waals surface area contributed by atoms with E-state index in [1.165, 1.54) is 6.07 Å². The fraction of sp³-hybridized carbons (Fsp3) is 0.625. The molecule has 2 nitrogen and oxygen atoms in total. The number of halogens is 1. The van der Waals surface area contributed by atoms with E-state index in [9.17, 15) is 4.39 Å². The number of para-hydroxylation sites is 1. The summed E-state index contributed by atoms with van der Waals surface area (Å²) in [6, 6.07) is 5.07. The fourth-order valence-electron chi connectivity index (χ4n) is 1.98. The predicted octanol–water partition coefficient (Wildman–Crippen LogP) is 4.31. The molecule has 0 aliphatic heterocycles. The van der Waals surface area contributed by atoms with Crippen LogP contribution in [0.15, 0.2) is 18.2 Å². The average molecular weight is 266 g/mol. The Morgan fingerprint density at radius 2 is 1.58 bits per heavy atom. The van der Waals surface area contributed by atoms with Gasteiger partial charge in [-0.1, -0.05) is 33.8 Å². The highest BCUT2D eigenvalue weighted by molar-refractivity contribution is 5.68. The molecule has 19 heavy (non-hydrogen) atoms. The predicted molar refractivity (Wildman–Crippen MR) is 81.9 cm³/mol. The van der Waals surface area contributed by atoms with Gasteiger partial charge in [0, 0.05) is 13.1 Å². The van der Waals surface area contributed by atoms with Crippen molar-refractivity contribution in [3.63, 3.8) is 0 Å². The molecule has 0 unspecified atom stereocenters. The zero-order valence-electron chi connectivity index (χ0n) is 12.6. The lowest BCUT2D eigenvalue weighted by Crippen LogP contribution is -2.28. The molecule has 0 fully saturated rings. The summed E-state index contributed by atoms with van der Waals surface area (Å²) in [5, 5.41) is 0. The van der Waals surface area contributed by atoms with Gasteiger partial charge in [0.1, 0.15) is 5.82 Å². The Labute approximate surface area is 116 Å². The first-order chi connectivity index (χ1) is 8.91. The second-order valence-corrected chi connectivity index (χ2v) is 6.02. The zero-order valence-corrected chi connectivity index (χ0v) is 12.6. The molecule has 0 saturated heterocycles. The van der Waals surface area contributed by atoms with Crippen LogP contribution >= 0.6 is 0 Å². The SMILES string of the molecule is CC(C)CCN(CCC(C)C)c1cccc(F)c1N. The molecular weight excluding hydrogens is 239 g/mol. The molecule has 0 heterocycles. The molecule has 0 saturated carbocycles. The van der Waals surface area contributed by atoms with Crippen molar-refractivity contribution in [2.24, 2.45) is 11.8 Å². The topological polar surface area (TPSA) is 29.3 Å². The minimum absolute atomic E-state index is 0.273. The highest BCUT2D eigenvalue weighted by atomic mass is 19.1. The number of anilines is 2. The lowest BCUT2D eigenvalue weighted by molar-refractivity contribution is 0.535. The lowest BCUT2D eigenvalue weighted by atomic mass is 10.1. The number of hydrogen-bond donors (Lipinski definition) is 1. The molecule has 3 heteroatoms. The van der Waals surface area contributed by atoms with Gasteiger partial charge < -0.3 is 10.6 Å². The van der Waals surface area contributed by atoms with Gasteiger partial charge in [-0.05, 0) is 36.8 Å². The van der Waals surface area contributed by atoms with E-state index in [1.807, 2.05) is 6.07 Å². The maximum atomic E-state index is 13.6. The Balaban J connectivity index is 2.84. The number of benzene rings is 1. The van der Waals surface area contributed by atoms with Gasteiger partial charge in [-0.3, -0.25) is 0 Å². The number of hydrogen-bond acceptors (Lipinski definition) is 2. The summed E-state index contributed by atoms with van der Waals surface area (Å²) in [5.74, 6) is 0.948. The maximum Gasteiger partial charge on any atom is 0.148 e. The van der Waals surface area contributed by atoms with Gasteiger partial charge >= 0.3 is 0 Å². The third kappa shape index (κ3) is 5.09. The van der Waals surface area contributed by atoms with E-state index >= 15 is 0 Å². The first-order valence-corrected chi connectivity index (χ1v) is 7.20. The third-order valence-electron chi connectivity index (χ3n) is 3.32. The van der Waals surface area contributed by atoms with Crippen molar-refractivity contribution < 1.29 is 4.39 Å². The molecule has 0 bridgehead atoms. The van der Waals surface area contributed by atoms with Crippen LogP contribution < -0.4 is 10.6 Å². The minimum atomic E-state index is -0.323. The van der Waals surface area contributed by atoms with E-state index in [2.05, 4.69) is 32.6 Å². The third-order valence-corrected chi connectivity index (χ3v) is 3.32. The van der Waals surface area contributed by atoms with E-state index in [0.717, 1.165) is 31.6 Å². The number of nitrogen functional groups attached to an aromatic ring is 1. The van der Waals surface area contributed by atoms with Gasteiger partial charge in [0.25, 0.3) is 0 Å². The Kier molecular flexibility index (Phi) is 6.13. The van der Waals surface area contributed by atoms with Crippen LogP contribution in [0.3, 0.4) is 0 Å². The van der Waals surface area contributed by atoms with Crippen molar-refractivity contribution in [2.75, 3.05) is 23.7 Å². The monoisotopic (exact) mass is 266 g/mol. The molecule has 1 aromatic rings. The smallest absolute Gasteiger partial charge is 0.148 e. The summed E-state index contributed by atoms with van der Waals surface area (Å²) < 4.78 is 13.6. The van der Waals surface area contributed by atoms with E-state index < -0.39 is 0 Å². The van der Waals surface area contributed by atoms with Crippen molar-refractivity contribution in [2.45, 2.75) is 40.5 Å². The van der Waals surface area contributed by atoms with Gasteiger partial charge in [-0.15, -0.1) is 0 Å². The molecule has 0 radical (unpaired) electrons. The largest absolute Gasteiger partial charge is 0.395 e. The van der Waals surface area contributed by atoms with Crippen molar-refractivity contribution >= 4 is 11.4 Å². The summed E-state index contributed by atoms with van der Waals surface area (Å²) in [6.45, 7) is 10.7. The molecule has 2 N–H and O–H groups in total. The average Bonchev–Trinajstić information content (AvgIpc) is 2.33. The van der Waals surface area contributed by atoms with Gasteiger partial charge in [-0.25, -0.2) is 4.39 Å². The Morgan fingerprint density at radius 3 is 2.05 bits per heavy atom. The van der Waals surface area contributed by atoms with Crippen molar-refractivity contribution in [1.29, 1.82) is 0 Å². The number of nitrogens with zero attached hydrogens (tertiary/aromatic N) is 1. The van der Waals surface area contributed by atoms with Crippen molar-refractivity contribution in [1.82, 2.24) is 0 Å². The Morgan fingerprint density at radius 1 is 1.05 bits per heavy atom. The molecule has 1 aromatic carbocycles. The zero-order chi connectivity index (χ0) is 14.4. The normalized spacial score (nSPS) is 11.3. The van der Waals surface area contributed by atoms with E-state index in [0.29, 0.717) is 11.8 Å². The molecule has 0 amide bonds. The van der Waals surface area contributed by atoms with Gasteiger partial charge in [0.05, 0.1) is 11.4 Å². The second kappa shape index (κ2) is 7.37. The van der Waals surface area contributed by atoms with Crippen LogP contribution in [0, 0.1) is 17.7 Å². The second-order valence-electron chi connectivity index (χ2n) is 6.02. The van der Waals surface area contributed by atoms with Crippen LogP contribution in [0.4, 0.5) is 15.8 Å². The molecule has 0 aromatic heterocycles. The Hall–Kier alpha value is -1.25. The highest BCUT2D eigenvalue weighted by Gasteiger charge is 2.13. The summed E-state index contributed by atoms with van der Waals surface area (Å²) in [6.07, 6.45) is 2.18. The fourth-order valence-corrected chi connectivity index (χ4v) is 1.98. The molecule has 0 spiro atoms. The molecular formula is C16H27FN2. The van der Waals surface area contributed by atoms with Gasteiger partial charge in [0.15, 0.2) is 0 Å². The van der Waals surface area contributed by atoms with Crippen LogP contribution in [0.1, 0.15) is 40.5 Å². The quantitative estimate of drug-likeness (QED) is 0.745. The highest BCUT2D eigenvalue weighted by Crippen LogP contribution is 2.26. The van der Waals surface area contributed by atoms with E-state index in [1.54, 1.807) is 6.07 Å². The molecule has 0 aliphatic rings. The Bertz CT molecular complexity index is 376. The first kappa shape index (κ1) is 15.8. The summed E-state index contributed by atoms with van der Waals surface area (Å²) in [5.41, 5.74) is 6.99. The molecule has 108 valence electrons. The minimum Gasteiger partial charge on any atom is -0.395 e. The molecule has 0 atom stereocenters. The van der Waals surface area contributed by atoms with Crippen LogP contribution in [0.5, 0.6) is 0 Å². The lowest BCUT2D eigenvalue weighted by Gasteiger charge is -2.28. The first-order valence-electron chi connectivity index (χ1n) is 7.20. The summed E-state index contributed by atoms with van der Waals surface area (Å²) in [7, 11) is 0. The van der Waals surface area contributed by atoms with Gasteiger partial charge in [0.2, 0.25) is 0 Å². The number of nitrogens with two attached hydrogens (primary N) is 1. The van der Waals surface area contributed by atoms with Crippen LogP contribution in [0.25, 0.3) is 0 Å². The van der Waals surface area contributed by atoms with Crippen LogP contribution in [-0.4, -0.2) is 13.1 Å². The van der Waals surface area contributed by atoms with Gasteiger partial charge in [-0.2, -0.15) is 0 Å². The van der Waals surface area contributed by atoms with Crippen molar-refractivity contribution in [3.8, 4) is 0 Å². The number of rotatable bonds is 7. The summed E-state index contributed by atoms with van der Waals surface area (Å²) >= 11 is 0. The maximum absolute atomic E-state index is 13.6. The molecule has 0 aliphatic carbocycles. The van der Waals surface area contributed by atoms with E-state index in [4.69, 9.17) is 5.73 Å². The van der Waals surface area contributed by atoms with Crippen molar-refractivity contribution in [3.05, 3.63) is 24.0 Å². The van der Waals surface area contributed by atoms with Crippen LogP contribution in [-0.2, 0) is 0 Å². The standard InChI is InChI=1S/C16H27FN2/c1-12(2)8-10-19(11-9-13(3)4)15-7-5-6-14(17)16(15)18/h5-7,12-13H,8-11,18H2,1-4H3. The van der Waals surface area contributed by atoms with E-state index in [-0.39, 0.29) is 11.5 Å². The molecule has 1 rings (SSSR count). The van der Waals surface area contributed by atoms with Crippen LogP contribution in [0.2, 0.25) is 0 Å².